The fraction of sp³-hybridized carbons (Fsp3) is 0.467. The molecule has 1 aromatic rings. The largest absolute Gasteiger partial charge is 0.481 e. The van der Waals surface area contributed by atoms with Gasteiger partial charge in [0.1, 0.15) is 5.82 Å². The summed E-state index contributed by atoms with van der Waals surface area (Å²) < 4.78 is 13.3. The number of rotatable bonds is 9. The number of anilines is 1. The molecule has 1 amide bonds. The number of amides is 1. The number of nitrogens with one attached hydrogen (secondary N) is 2. The molecule has 1 unspecified atom stereocenters. The van der Waals surface area contributed by atoms with Crippen molar-refractivity contribution < 1.29 is 19.1 Å². The lowest BCUT2D eigenvalue weighted by molar-refractivity contribution is -0.137. The van der Waals surface area contributed by atoms with E-state index < -0.39 is 11.8 Å². The molecule has 0 fully saturated rings. The zero-order valence-corrected chi connectivity index (χ0v) is 12.1. The Hall–Kier alpha value is -1.95. The summed E-state index contributed by atoms with van der Waals surface area (Å²) in [7, 11) is 0. The summed E-state index contributed by atoms with van der Waals surface area (Å²) in [6.45, 7) is 2.69. The van der Waals surface area contributed by atoms with Crippen LogP contribution in [-0.2, 0) is 9.59 Å². The SMILES string of the molecule is CC(CCNCC(=O)Nc1ccccc1F)CCC(=O)O. The van der Waals surface area contributed by atoms with Crippen molar-refractivity contribution in [2.45, 2.75) is 26.2 Å². The summed E-state index contributed by atoms with van der Waals surface area (Å²) in [5.41, 5.74) is 0.166. The number of benzene rings is 1. The highest BCUT2D eigenvalue weighted by molar-refractivity contribution is 5.92. The summed E-state index contributed by atoms with van der Waals surface area (Å²) in [4.78, 5) is 22.0. The summed E-state index contributed by atoms with van der Waals surface area (Å²) in [6, 6.07) is 5.99. The highest BCUT2D eigenvalue weighted by Crippen LogP contribution is 2.12. The fourth-order valence-corrected chi connectivity index (χ4v) is 1.82. The molecule has 1 aromatic carbocycles. The summed E-state index contributed by atoms with van der Waals surface area (Å²) in [5.74, 6) is -1.28. The first-order valence-corrected chi connectivity index (χ1v) is 6.96. The Morgan fingerprint density at radius 1 is 1.29 bits per heavy atom. The van der Waals surface area contributed by atoms with E-state index in [4.69, 9.17) is 5.11 Å². The number of aliphatic carboxylic acids is 1. The molecular formula is C15H21FN2O3. The smallest absolute Gasteiger partial charge is 0.303 e. The number of carbonyl (C=O) groups excluding carboxylic acids is 1. The number of hydrogen-bond donors (Lipinski definition) is 3. The van der Waals surface area contributed by atoms with Gasteiger partial charge in [-0.15, -0.1) is 0 Å². The highest BCUT2D eigenvalue weighted by atomic mass is 19.1. The van der Waals surface area contributed by atoms with E-state index in [1.807, 2.05) is 6.92 Å². The Labute approximate surface area is 123 Å². The minimum Gasteiger partial charge on any atom is -0.481 e. The van der Waals surface area contributed by atoms with Gasteiger partial charge in [-0.2, -0.15) is 0 Å². The van der Waals surface area contributed by atoms with Crippen LogP contribution in [0.25, 0.3) is 0 Å². The van der Waals surface area contributed by atoms with Crippen molar-refractivity contribution >= 4 is 17.6 Å². The van der Waals surface area contributed by atoms with Crippen LogP contribution in [0.4, 0.5) is 10.1 Å². The molecule has 0 aromatic heterocycles. The van der Waals surface area contributed by atoms with Crippen LogP contribution in [0.2, 0.25) is 0 Å². The third kappa shape index (κ3) is 7.41. The van der Waals surface area contributed by atoms with Gasteiger partial charge in [-0.05, 0) is 37.4 Å². The standard InChI is InChI=1S/C15H21FN2O3/c1-11(6-7-15(20)21)8-9-17-10-14(19)18-13-5-3-2-4-12(13)16/h2-5,11,17H,6-10H2,1H3,(H,18,19)(H,20,21). The van der Waals surface area contributed by atoms with E-state index in [9.17, 15) is 14.0 Å². The van der Waals surface area contributed by atoms with Crippen LogP contribution in [0.5, 0.6) is 0 Å². The zero-order valence-electron chi connectivity index (χ0n) is 12.1. The molecule has 21 heavy (non-hydrogen) atoms. The molecule has 0 spiro atoms. The molecule has 0 heterocycles. The number of carboxylic acids is 1. The fourth-order valence-electron chi connectivity index (χ4n) is 1.82. The van der Waals surface area contributed by atoms with E-state index in [0.29, 0.717) is 13.0 Å². The minimum atomic E-state index is -0.793. The summed E-state index contributed by atoms with van der Waals surface area (Å²) in [6.07, 6.45) is 1.58. The van der Waals surface area contributed by atoms with Gasteiger partial charge in [-0.3, -0.25) is 9.59 Å². The van der Waals surface area contributed by atoms with Crippen molar-refractivity contribution in [3.63, 3.8) is 0 Å². The lowest BCUT2D eigenvalue weighted by Crippen LogP contribution is -2.29. The third-order valence-corrected chi connectivity index (χ3v) is 3.10. The molecule has 1 atom stereocenters. The molecule has 0 saturated heterocycles. The van der Waals surface area contributed by atoms with Gasteiger partial charge in [-0.25, -0.2) is 4.39 Å². The molecule has 0 radical (unpaired) electrons. The second kappa shape index (κ2) is 9.07. The van der Waals surface area contributed by atoms with Crippen molar-refractivity contribution in [2.24, 2.45) is 5.92 Å². The Morgan fingerprint density at radius 2 is 2.00 bits per heavy atom. The van der Waals surface area contributed by atoms with Gasteiger partial charge in [0.25, 0.3) is 0 Å². The normalized spacial score (nSPS) is 11.9. The number of halogens is 1. The van der Waals surface area contributed by atoms with E-state index >= 15 is 0 Å². The third-order valence-electron chi connectivity index (χ3n) is 3.10. The molecule has 0 aliphatic heterocycles. The molecule has 6 heteroatoms. The second-order valence-corrected chi connectivity index (χ2v) is 5.03. The van der Waals surface area contributed by atoms with E-state index in [2.05, 4.69) is 10.6 Å². The van der Waals surface area contributed by atoms with Gasteiger partial charge in [0.2, 0.25) is 5.91 Å². The Bertz CT molecular complexity index is 480. The molecular weight excluding hydrogens is 275 g/mol. The molecule has 0 aliphatic rings. The van der Waals surface area contributed by atoms with Crippen molar-refractivity contribution in [3.05, 3.63) is 30.1 Å². The molecule has 0 saturated carbocycles. The van der Waals surface area contributed by atoms with Crippen LogP contribution in [-0.4, -0.2) is 30.1 Å². The number of carbonyl (C=O) groups is 2. The van der Waals surface area contributed by atoms with Crippen LogP contribution in [0.15, 0.2) is 24.3 Å². The molecule has 1 rings (SSSR count). The summed E-state index contributed by atoms with van der Waals surface area (Å²) in [5, 5.41) is 14.0. The predicted molar refractivity (Wildman–Crippen MR) is 78.6 cm³/mol. The topological polar surface area (TPSA) is 78.4 Å². The Kier molecular flexibility index (Phi) is 7.39. The lowest BCUT2D eigenvalue weighted by atomic mass is 10.0. The maximum Gasteiger partial charge on any atom is 0.303 e. The Morgan fingerprint density at radius 3 is 2.67 bits per heavy atom. The van der Waals surface area contributed by atoms with Crippen LogP contribution in [0.3, 0.4) is 0 Å². The number of hydrogen-bond acceptors (Lipinski definition) is 3. The van der Waals surface area contributed by atoms with Crippen molar-refractivity contribution in [1.29, 1.82) is 0 Å². The second-order valence-electron chi connectivity index (χ2n) is 5.03. The van der Waals surface area contributed by atoms with E-state index in [1.165, 1.54) is 12.1 Å². The first kappa shape index (κ1) is 17.1. The maximum atomic E-state index is 13.3. The van der Waals surface area contributed by atoms with Crippen LogP contribution < -0.4 is 10.6 Å². The zero-order chi connectivity index (χ0) is 15.7. The van der Waals surface area contributed by atoms with Crippen molar-refractivity contribution in [2.75, 3.05) is 18.4 Å². The molecule has 3 N–H and O–H groups in total. The van der Waals surface area contributed by atoms with Gasteiger partial charge in [0.15, 0.2) is 0 Å². The quantitative estimate of drug-likeness (QED) is 0.611. The molecule has 116 valence electrons. The Balaban J connectivity index is 2.16. The average Bonchev–Trinajstić information content (AvgIpc) is 2.44. The van der Waals surface area contributed by atoms with Crippen LogP contribution in [0.1, 0.15) is 26.2 Å². The lowest BCUT2D eigenvalue weighted by Gasteiger charge is -2.11. The monoisotopic (exact) mass is 296 g/mol. The van der Waals surface area contributed by atoms with Gasteiger partial charge in [-0.1, -0.05) is 19.1 Å². The van der Waals surface area contributed by atoms with Crippen molar-refractivity contribution in [3.8, 4) is 0 Å². The molecule has 0 aliphatic carbocycles. The van der Waals surface area contributed by atoms with E-state index in [-0.39, 0.29) is 30.5 Å². The molecule has 0 bridgehead atoms. The maximum absolute atomic E-state index is 13.3. The van der Waals surface area contributed by atoms with Gasteiger partial charge in [0, 0.05) is 6.42 Å². The number of para-hydroxylation sites is 1. The van der Waals surface area contributed by atoms with Crippen molar-refractivity contribution in [1.82, 2.24) is 5.32 Å². The van der Waals surface area contributed by atoms with Gasteiger partial charge in [0.05, 0.1) is 12.2 Å². The highest BCUT2D eigenvalue weighted by Gasteiger charge is 2.07. The van der Waals surface area contributed by atoms with Gasteiger partial charge < -0.3 is 15.7 Å². The first-order valence-electron chi connectivity index (χ1n) is 6.96. The van der Waals surface area contributed by atoms with E-state index in [0.717, 1.165) is 6.42 Å². The first-order chi connectivity index (χ1) is 9.99. The van der Waals surface area contributed by atoms with Crippen LogP contribution >= 0.6 is 0 Å². The molecule has 5 nitrogen and oxygen atoms in total. The minimum absolute atomic E-state index is 0.0972. The number of carboxylic acid groups (broad SMARTS) is 1. The van der Waals surface area contributed by atoms with Gasteiger partial charge >= 0.3 is 5.97 Å². The average molecular weight is 296 g/mol. The summed E-state index contributed by atoms with van der Waals surface area (Å²) >= 11 is 0. The predicted octanol–water partition coefficient (Wildman–Crippen LogP) is 2.24. The van der Waals surface area contributed by atoms with E-state index in [1.54, 1.807) is 12.1 Å². The van der Waals surface area contributed by atoms with Crippen LogP contribution in [0, 0.1) is 11.7 Å².